The number of likely N-dealkylation sites (N-methyl/N-ethyl adjacent to an activating group) is 1. The van der Waals surface area contributed by atoms with Crippen molar-refractivity contribution in [3.05, 3.63) is 15.8 Å². The molecule has 2 rings (SSSR count). The first-order valence-corrected chi connectivity index (χ1v) is 8.15. The zero-order chi connectivity index (χ0) is 17.1. The number of aryl methyl sites for hydroxylation is 2. The Balaban J connectivity index is 2.09. The van der Waals surface area contributed by atoms with E-state index in [0.717, 1.165) is 26.2 Å². The van der Waals surface area contributed by atoms with E-state index in [2.05, 4.69) is 41.1 Å². The Labute approximate surface area is 137 Å². The van der Waals surface area contributed by atoms with Crippen LogP contribution < -0.4 is 5.32 Å². The summed E-state index contributed by atoms with van der Waals surface area (Å²) in [5, 5.41) is 18.7. The van der Waals surface area contributed by atoms with E-state index in [1.165, 1.54) is 0 Å². The third kappa shape index (κ3) is 4.00. The summed E-state index contributed by atoms with van der Waals surface area (Å²) in [6.45, 7) is 11.0. The first-order valence-electron chi connectivity index (χ1n) is 8.15. The molecule has 0 amide bonds. The van der Waals surface area contributed by atoms with Gasteiger partial charge in [-0.3, -0.25) is 15.0 Å². The second kappa shape index (κ2) is 7.27. The van der Waals surface area contributed by atoms with Gasteiger partial charge in [0.2, 0.25) is 5.82 Å². The van der Waals surface area contributed by atoms with Crippen molar-refractivity contribution in [3.8, 4) is 0 Å². The first kappa shape index (κ1) is 17.7. The van der Waals surface area contributed by atoms with E-state index in [0.29, 0.717) is 30.0 Å². The molecule has 0 aliphatic carbocycles. The number of aromatic nitrogens is 2. The van der Waals surface area contributed by atoms with Crippen LogP contribution in [0.2, 0.25) is 0 Å². The summed E-state index contributed by atoms with van der Waals surface area (Å²) >= 11 is 0. The van der Waals surface area contributed by atoms with Gasteiger partial charge in [-0.15, -0.1) is 0 Å². The highest BCUT2D eigenvalue weighted by atomic mass is 16.6. The summed E-state index contributed by atoms with van der Waals surface area (Å²) in [5.74, 6) is 0.964. The molecular weight excluding hydrogens is 296 g/mol. The fourth-order valence-electron chi connectivity index (χ4n) is 3.20. The van der Waals surface area contributed by atoms with Crippen LogP contribution in [0.15, 0.2) is 0 Å². The topological polar surface area (TPSA) is 79.5 Å². The lowest BCUT2D eigenvalue weighted by atomic mass is 10.0. The van der Waals surface area contributed by atoms with Gasteiger partial charge in [-0.2, -0.15) is 5.10 Å². The van der Waals surface area contributed by atoms with Crippen molar-refractivity contribution in [1.82, 2.24) is 19.6 Å². The molecular formula is C15H28N6O2. The molecule has 0 spiro atoms. The number of nitrogens with one attached hydrogen (secondary N) is 1. The summed E-state index contributed by atoms with van der Waals surface area (Å²) in [5.41, 5.74) is 0.522. The lowest BCUT2D eigenvalue weighted by Crippen LogP contribution is -2.52. The van der Waals surface area contributed by atoms with Crippen molar-refractivity contribution in [2.45, 2.75) is 26.8 Å². The van der Waals surface area contributed by atoms with E-state index in [1.54, 1.807) is 18.7 Å². The molecule has 8 heteroatoms. The largest absolute Gasteiger partial charge is 0.363 e. The predicted molar refractivity (Wildman–Crippen MR) is 90.8 cm³/mol. The molecule has 1 atom stereocenters. The van der Waals surface area contributed by atoms with E-state index in [-0.39, 0.29) is 10.6 Å². The Hall–Kier alpha value is -1.67. The minimum atomic E-state index is -0.356. The van der Waals surface area contributed by atoms with Gasteiger partial charge in [0.25, 0.3) is 0 Å². The van der Waals surface area contributed by atoms with Crippen molar-refractivity contribution < 1.29 is 4.92 Å². The Morgan fingerprint density at radius 1 is 1.26 bits per heavy atom. The molecule has 0 radical (unpaired) electrons. The van der Waals surface area contributed by atoms with Crippen LogP contribution in [0.1, 0.15) is 19.5 Å². The molecule has 23 heavy (non-hydrogen) atoms. The van der Waals surface area contributed by atoms with E-state index in [9.17, 15) is 10.1 Å². The second-order valence-corrected chi connectivity index (χ2v) is 6.69. The number of nitrogens with zero attached hydrogens (tertiary/aromatic N) is 5. The minimum Gasteiger partial charge on any atom is -0.363 e. The third-order valence-corrected chi connectivity index (χ3v) is 4.63. The SMILES string of the molecule is Cc1nn(C)c(NCC(C(C)C)N2CCN(C)CC2)c1[N+](=O)[O-]. The molecule has 0 saturated carbocycles. The molecule has 0 aromatic carbocycles. The van der Waals surface area contributed by atoms with Crippen LogP contribution in [0.25, 0.3) is 0 Å². The lowest BCUT2D eigenvalue weighted by Gasteiger charge is -2.40. The number of piperazine rings is 1. The molecule has 1 aromatic heterocycles. The lowest BCUT2D eigenvalue weighted by molar-refractivity contribution is -0.384. The van der Waals surface area contributed by atoms with Gasteiger partial charge in [-0.25, -0.2) is 4.68 Å². The van der Waals surface area contributed by atoms with E-state index < -0.39 is 0 Å². The van der Waals surface area contributed by atoms with Crippen molar-refractivity contribution in [2.75, 3.05) is 45.1 Å². The molecule has 130 valence electrons. The highest BCUT2D eigenvalue weighted by Gasteiger charge is 2.28. The standard InChI is InChI=1S/C15H28N6O2/c1-11(2)13(20-8-6-18(4)7-9-20)10-16-15-14(21(22)23)12(3)17-19(15)5/h11,13,16H,6-10H2,1-5H3. The molecule has 0 bridgehead atoms. The Kier molecular flexibility index (Phi) is 5.59. The number of nitro groups is 1. The predicted octanol–water partition coefficient (Wildman–Crippen LogP) is 1.32. The van der Waals surface area contributed by atoms with Gasteiger partial charge in [-0.05, 0) is 19.9 Å². The van der Waals surface area contributed by atoms with Crippen LogP contribution in [-0.2, 0) is 7.05 Å². The fourth-order valence-corrected chi connectivity index (χ4v) is 3.20. The van der Waals surface area contributed by atoms with Crippen molar-refractivity contribution in [2.24, 2.45) is 13.0 Å². The summed E-state index contributed by atoms with van der Waals surface area (Å²) in [6, 6.07) is 0.346. The highest BCUT2D eigenvalue weighted by molar-refractivity contribution is 5.59. The molecule has 8 nitrogen and oxygen atoms in total. The number of rotatable bonds is 6. The summed E-state index contributed by atoms with van der Waals surface area (Å²) in [6.07, 6.45) is 0. The number of hydrogen-bond donors (Lipinski definition) is 1. The Morgan fingerprint density at radius 3 is 2.39 bits per heavy atom. The fraction of sp³-hybridized carbons (Fsp3) is 0.800. The Bertz CT molecular complexity index is 548. The van der Waals surface area contributed by atoms with Gasteiger partial charge < -0.3 is 10.2 Å². The van der Waals surface area contributed by atoms with Gasteiger partial charge in [0.1, 0.15) is 5.69 Å². The zero-order valence-corrected chi connectivity index (χ0v) is 14.7. The summed E-state index contributed by atoms with van der Waals surface area (Å²) in [7, 11) is 3.88. The van der Waals surface area contributed by atoms with E-state index >= 15 is 0 Å². The van der Waals surface area contributed by atoms with Crippen molar-refractivity contribution in [1.29, 1.82) is 0 Å². The quantitative estimate of drug-likeness (QED) is 0.628. The van der Waals surface area contributed by atoms with Gasteiger partial charge in [0, 0.05) is 45.8 Å². The maximum atomic E-state index is 11.3. The van der Waals surface area contributed by atoms with Crippen LogP contribution in [0, 0.1) is 23.0 Å². The van der Waals surface area contributed by atoms with Crippen molar-refractivity contribution >= 4 is 11.5 Å². The summed E-state index contributed by atoms with van der Waals surface area (Å²) in [4.78, 5) is 15.7. The molecule has 1 aliphatic heterocycles. The highest BCUT2D eigenvalue weighted by Crippen LogP contribution is 2.27. The van der Waals surface area contributed by atoms with Gasteiger partial charge in [0.15, 0.2) is 0 Å². The third-order valence-electron chi connectivity index (χ3n) is 4.63. The summed E-state index contributed by atoms with van der Waals surface area (Å²) < 4.78 is 1.56. The maximum Gasteiger partial charge on any atom is 0.333 e. The monoisotopic (exact) mass is 324 g/mol. The molecule has 1 aliphatic rings. The molecule has 2 heterocycles. The van der Waals surface area contributed by atoms with Crippen LogP contribution in [0.3, 0.4) is 0 Å². The molecule has 1 saturated heterocycles. The van der Waals surface area contributed by atoms with E-state index in [4.69, 9.17) is 0 Å². The first-order chi connectivity index (χ1) is 10.8. The average Bonchev–Trinajstić information content (AvgIpc) is 2.75. The Morgan fingerprint density at radius 2 is 1.87 bits per heavy atom. The van der Waals surface area contributed by atoms with Crippen LogP contribution in [0.4, 0.5) is 11.5 Å². The zero-order valence-electron chi connectivity index (χ0n) is 14.7. The smallest absolute Gasteiger partial charge is 0.333 e. The van der Waals surface area contributed by atoms with Crippen LogP contribution in [0.5, 0.6) is 0 Å². The molecule has 1 N–H and O–H groups in total. The van der Waals surface area contributed by atoms with Crippen LogP contribution >= 0.6 is 0 Å². The van der Waals surface area contributed by atoms with Crippen LogP contribution in [-0.4, -0.2) is 70.3 Å². The minimum absolute atomic E-state index is 0.0772. The number of anilines is 1. The average molecular weight is 324 g/mol. The number of hydrogen-bond acceptors (Lipinski definition) is 6. The van der Waals surface area contributed by atoms with E-state index in [1.807, 2.05) is 0 Å². The molecule has 1 aromatic rings. The van der Waals surface area contributed by atoms with Gasteiger partial charge in [-0.1, -0.05) is 13.8 Å². The van der Waals surface area contributed by atoms with Gasteiger partial charge >= 0.3 is 5.69 Å². The normalized spacial score (nSPS) is 18.3. The van der Waals surface area contributed by atoms with Gasteiger partial charge in [0.05, 0.1) is 4.92 Å². The second-order valence-electron chi connectivity index (χ2n) is 6.69. The maximum absolute atomic E-state index is 11.3. The van der Waals surface area contributed by atoms with Crippen molar-refractivity contribution in [3.63, 3.8) is 0 Å². The molecule has 1 unspecified atom stereocenters. The molecule has 1 fully saturated rings.